The Kier molecular flexibility index (Phi) is 6.90. The molecule has 18 heavy (non-hydrogen) atoms. The predicted molar refractivity (Wildman–Crippen MR) is 78.4 cm³/mol. The van der Waals surface area contributed by atoms with Gasteiger partial charge < -0.3 is 11.1 Å². The second-order valence-electron chi connectivity index (χ2n) is 6.53. The maximum Gasteiger partial charge on any atom is 0.224 e. The standard InChI is InChI=1S/C15H32N2O/c1-7-15(8-2,9-3)17-13(18)12(11-16)10-14(4,5)6/h12H,7-11,16H2,1-6H3,(H,17,18). The van der Waals surface area contributed by atoms with Gasteiger partial charge in [-0.25, -0.2) is 0 Å². The van der Waals surface area contributed by atoms with Gasteiger partial charge in [0.1, 0.15) is 0 Å². The van der Waals surface area contributed by atoms with E-state index < -0.39 is 0 Å². The highest BCUT2D eigenvalue weighted by Gasteiger charge is 2.30. The average molecular weight is 256 g/mol. The number of nitrogens with two attached hydrogens (primary N) is 1. The summed E-state index contributed by atoms with van der Waals surface area (Å²) in [6.07, 6.45) is 3.75. The highest BCUT2D eigenvalue weighted by molar-refractivity contribution is 5.79. The molecule has 0 saturated carbocycles. The monoisotopic (exact) mass is 256 g/mol. The Morgan fingerprint density at radius 1 is 1.11 bits per heavy atom. The lowest BCUT2D eigenvalue weighted by Crippen LogP contribution is -2.50. The van der Waals surface area contributed by atoms with E-state index in [1.807, 2.05) is 0 Å². The third kappa shape index (κ3) is 5.38. The molecule has 0 aliphatic carbocycles. The zero-order valence-corrected chi connectivity index (χ0v) is 13.1. The van der Waals surface area contributed by atoms with Crippen LogP contribution in [0.25, 0.3) is 0 Å². The van der Waals surface area contributed by atoms with E-state index in [0.717, 1.165) is 25.7 Å². The Bertz CT molecular complexity index is 243. The molecule has 0 aromatic carbocycles. The highest BCUT2D eigenvalue weighted by Crippen LogP contribution is 2.26. The highest BCUT2D eigenvalue weighted by atomic mass is 16.2. The summed E-state index contributed by atoms with van der Waals surface area (Å²) in [5.74, 6) is 0.0481. The van der Waals surface area contributed by atoms with Crippen molar-refractivity contribution in [1.29, 1.82) is 0 Å². The molecular formula is C15H32N2O. The number of hydrogen-bond donors (Lipinski definition) is 2. The molecular weight excluding hydrogens is 224 g/mol. The second-order valence-corrected chi connectivity index (χ2v) is 6.53. The predicted octanol–water partition coefficient (Wildman–Crippen LogP) is 3.08. The van der Waals surface area contributed by atoms with Crippen LogP contribution in [0.1, 0.15) is 67.2 Å². The third-order valence-electron chi connectivity index (χ3n) is 3.93. The molecule has 0 aliphatic heterocycles. The number of hydrogen-bond acceptors (Lipinski definition) is 2. The summed E-state index contributed by atoms with van der Waals surface area (Å²) in [6, 6.07) is 0. The maximum absolute atomic E-state index is 12.4. The maximum atomic E-state index is 12.4. The van der Waals surface area contributed by atoms with Gasteiger partial charge in [-0.2, -0.15) is 0 Å². The van der Waals surface area contributed by atoms with Gasteiger partial charge in [-0.05, 0) is 31.1 Å². The summed E-state index contributed by atoms with van der Waals surface area (Å²) in [5, 5.41) is 3.23. The van der Waals surface area contributed by atoms with E-state index in [9.17, 15) is 4.79 Å². The van der Waals surface area contributed by atoms with Crippen molar-refractivity contribution in [2.75, 3.05) is 6.54 Å². The van der Waals surface area contributed by atoms with Crippen LogP contribution < -0.4 is 11.1 Å². The van der Waals surface area contributed by atoms with E-state index in [4.69, 9.17) is 5.73 Å². The molecule has 0 aromatic heterocycles. The van der Waals surface area contributed by atoms with Gasteiger partial charge in [0.25, 0.3) is 0 Å². The summed E-state index contributed by atoms with van der Waals surface area (Å²) in [7, 11) is 0. The Morgan fingerprint density at radius 3 is 1.83 bits per heavy atom. The first-order valence-corrected chi connectivity index (χ1v) is 7.25. The molecule has 1 unspecified atom stereocenters. The third-order valence-corrected chi connectivity index (χ3v) is 3.93. The van der Waals surface area contributed by atoms with Gasteiger partial charge >= 0.3 is 0 Å². The number of carbonyl (C=O) groups excluding carboxylic acids is 1. The summed E-state index contributed by atoms with van der Waals surface area (Å²) in [5.41, 5.74) is 5.84. The molecule has 0 radical (unpaired) electrons. The number of nitrogens with one attached hydrogen (secondary N) is 1. The van der Waals surface area contributed by atoms with Crippen LogP contribution in [0.5, 0.6) is 0 Å². The van der Waals surface area contributed by atoms with Crippen LogP contribution in [-0.2, 0) is 4.79 Å². The molecule has 1 atom stereocenters. The van der Waals surface area contributed by atoms with Gasteiger partial charge in [-0.1, -0.05) is 41.5 Å². The van der Waals surface area contributed by atoms with Gasteiger partial charge in [0, 0.05) is 12.1 Å². The van der Waals surface area contributed by atoms with Crippen LogP contribution in [0.2, 0.25) is 0 Å². The fourth-order valence-electron chi connectivity index (χ4n) is 2.40. The average Bonchev–Trinajstić information content (AvgIpc) is 2.32. The van der Waals surface area contributed by atoms with Crippen LogP contribution >= 0.6 is 0 Å². The largest absolute Gasteiger partial charge is 0.350 e. The molecule has 3 heteroatoms. The Hall–Kier alpha value is -0.570. The second kappa shape index (κ2) is 7.13. The lowest BCUT2D eigenvalue weighted by molar-refractivity contribution is -0.127. The van der Waals surface area contributed by atoms with Crippen molar-refractivity contribution in [3.05, 3.63) is 0 Å². The van der Waals surface area contributed by atoms with Crippen LogP contribution in [0.3, 0.4) is 0 Å². The lowest BCUT2D eigenvalue weighted by atomic mass is 9.83. The van der Waals surface area contributed by atoms with Crippen LogP contribution in [0.15, 0.2) is 0 Å². The molecule has 0 saturated heterocycles. The van der Waals surface area contributed by atoms with E-state index in [1.165, 1.54) is 0 Å². The van der Waals surface area contributed by atoms with Gasteiger partial charge in [-0.3, -0.25) is 4.79 Å². The van der Waals surface area contributed by atoms with Crippen LogP contribution in [-0.4, -0.2) is 18.0 Å². The van der Waals surface area contributed by atoms with Crippen molar-refractivity contribution in [3.63, 3.8) is 0 Å². The molecule has 0 bridgehead atoms. The topological polar surface area (TPSA) is 55.1 Å². The number of carbonyl (C=O) groups is 1. The molecule has 0 fully saturated rings. The fraction of sp³-hybridized carbons (Fsp3) is 0.933. The number of rotatable bonds is 7. The van der Waals surface area contributed by atoms with Crippen molar-refractivity contribution in [2.45, 2.75) is 72.8 Å². The Labute approximate surface area is 113 Å². The first-order valence-electron chi connectivity index (χ1n) is 7.25. The zero-order valence-electron chi connectivity index (χ0n) is 13.1. The van der Waals surface area contributed by atoms with E-state index in [1.54, 1.807) is 0 Å². The van der Waals surface area contributed by atoms with E-state index in [0.29, 0.717) is 6.54 Å². The van der Waals surface area contributed by atoms with Gasteiger partial charge in [-0.15, -0.1) is 0 Å². The van der Waals surface area contributed by atoms with Crippen LogP contribution in [0, 0.1) is 11.3 Å². The minimum atomic E-state index is -0.0750. The van der Waals surface area contributed by atoms with Gasteiger partial charge in [0.15, 0.2) is 0 Å². The first kappa shape index (κ1) is 17.4. The molecule has 0 spiro atoms. The summed E-state index contributed by atoms with van der Waals surface area (Å²) < 4.78 is 0. The van der Waals surface area contributed by atoms with Crippen molar-refractivity contribution in [3.8, 4) is 0 Å². The minimum absolute atomic E-state index is 0.0532. The first-order chi connectivity index (χ1) is 8.23. The molecule has 0 aliphatic rings. The molecule has 3 N–H and O–H groups in total. The molecule has 3 nitrogen and oxygen atoms in total. The van der Waals surface area contributed by atoms with E-state index in [-0.39, 0.29) is 22.8 Å². The molecule has 0 rings (SSSR count). The quantitative estimate of drug-likeness (QED) is 0.735. The minimum Gasteiger partial charge on any atom is -0.350 e. The lowest BCUT2D eigenvalue weighted by Gasteiger charge is -2.34. The fourth-order valence-corrected chi connectivity index (χ4v) is 2.40. The van der Waals surface area contributed by atoms with Gasteiger partial charge in [0.2, 0.25) is 5.91 Å². The van der Waals surface area contributed by atoms with Gasteiger partial charge in [0.05, 0.1) is 5.92 Å². The van der Waals surface area contributed by atoms with Crippen molar-refractivity contribution in [2.24, 2.45) is 17.1 Å². The Balaban J connectivity index is 4.70. The van der Waals surface area contributed by atoms with Crippen molar-refractivity contribution in [1.82, 2.24) is 5.32 Å². The number of amides is 1. The molecule has 108 valence electrons. The SMILES string of the molecule is CCC(CC)(CC)NC(=O)C(CN)CC(C)(C)C. The summed E-state index contributed by atoms with van der Waals surface area (Å²) in [4.78, 5) is 12.4. The van der Waals surface area contributed by atoms with E-state index in [2.05, 4.69) is 46.9 Å². The Morgan fingerprint density at radius 2 is 1.56 bits per heavy atom. The van der Waals surface area contributed by atoms with Crippen molar-refractivity contribution >= 4 is 5.91 Å². The van der Waals surface area contributed by atoms with E-state index >= 15 is 0 Å². The normalized spacial score (nSPS) is 14.4. The molecule has 0 heterocycles. The van der Waals surface area contributed by atoms with Crippen LogP contribution in [0.4, 0.5) is 0 Å². The summed E-state index contributed by atoms with van der Waals surface area (Å²) in [6.45, 7) is 13.3. The molecule has 0 aromatic rings. The summed E-state index contributed by atoms with van der Waals surface area (Å²) >= 11 is 0. The zero-order chi connectivity index (χ0) is 14.4. The van der Waals surface area contributed by atoms with Crippen molar-refractivity contribution < 1.29 is 4.79 Å². The molecule has 1 amide bonds. The smallest absolute Gasteiger partial charge is 0.224 e.